The fourth-order valence-corrected chi connectivity index (χ4v) is 3.89. The highest BCUT2D eigenvalue weighted by molar-refractivity contribution is 7.21. The van der Waals surface area contributed by atoms with E-state index in [1.54, 1.807) is 23.5 Å². The molecule has 6 heteroatoms. The second-order valence-electron chi connectivity index (χ2n) is 4.60. The molecule has 21 heavy (non-hydrogen) atoms. The highest BCUT2D eigenvalue weighted by atomic mass is 32.1. The molecule has 0 bridgehead atoms. The van der Waals surface area contributed by atoms with Crippen LogP contribution in [0.4, 0.5) is 10.1 Å². The van der Waals surface area contributed by atoms with Gasteiger partial charge in [0.1, 0.15) is 10.7 Å². The van der Waals surface area contributed by atoms with Crippen LogP contribution in [-0.2, 0) is 6.42 Å². The van der Waals surface area contributed by atoms with Crippen LogP contribution in [0.3, 0.4) is 0 Å². The number of hydrogen-bond donors (Lipinski definition) is 2. The molecule has 3 N–H and O–H groups in total. The molecule has 3 aromatic rings. The van der Waals surface area contributed by atoms with E-state index in [0.717, 1.165) is 6.42 Å². The third-order valence-electron chi connectivity index (χ3n) is 3.19. The van der Waals surface area contributed by atoms with Crippen molar-refractivity contribution in [3.05, 3.63) is 51.3 Å². The van der Waals surface area contributed by atoms with E-state index < -0.39 is 5.82 Å². The van der Waals surface area contributed by atoms with Crippen LogP contribution in [-0.4, -0.2) is 12.5 Å². The highest BCUT2D eigenvalue weighted by Gasteiger charge is 2.18. The third-order valence-corrected chi connectivity index (χ3v) is 5.09. The van der Waals surface area contributed by atoms with Crippen LogP contribution < -0.4 is 11.1 Å². The van der Waals surface area contributed by atoms with Gasteiger partial charge in [-0.25, -0.2) is 4.39 Å². The molecular weight excluding hydrogens is 307 g/mol. The molecule has 0 saturated heterocycles. The van der Waals surface area contributed by atoms with Crippen molar-refractivity contribution < 1.29 is 9.18 Å². The minimum atomic E-state index is -0.390. The normalized spacial score (nSPS) is 10.9. The van der Waals surface area contributed by atoms with Gasteiger partial charge in [-0.2, -0.15) is 11.3 Å². The number of anilines is 1. The first kappa shape index (κ1) is 14.0. The Kier molecular flexibility index (Phi) is 3.90. The number of halogens is 1. The molecule has 2 heterocycles. The molecule has 1 aromatic carbocycles. The minimum Gasteiger partial charge on any atom is -0.397 e. The van der Waals surface area contributed by atoms with Gasteiger partial charge in [0.15, 0.2) is 0 Å². The fraction of sp³-hybridized carbons (Fsp3) is 0.133. The molecule has 0 aliphatic rings. The van der Waals surface area contributed by atoms with Crippen LogP contribution in [0.25, 0.3) is 10.1 Å². The Morgan fingerprint density at radius 3 is 2.90 bits per heavy atom. The third kappa shape index (κ3) is 2.77. The number of carbonyl (C=O) groups excluding carboxylic acids is 1. The van der Waals surface area contributed by atoms with Gasteiger partial charge in [-0.3, -0.25) is 4.79 Å². The van der Waals surface area contributed by atoms with Crippen LogP contribution in [0.5, 0.6) is 0 Å². The molecule has 0 unspecified atom stereocenters. The van der Waals surface area contributed by atoms with Crippen molar-refractivity contribution in [2.75, 3.05) is 12.3 Å². The Balaban J connectivity index is 1.75. The smallest absolute Gasteiger partial charge is 0.263 e. The second-order valence-corrected chi connectivity index (χ2v) is 6.43. The number of nitrogens with two attached hydrogens (primary N) is 1. The predicted molar refractivity (Wildman–Crippen MR) is 86.6 cm³/mol. The van der Waals surface area contributed by atoms with Gasteiger partial charge in [-0.15, -0.1) is 11.3 Å². The lowest BCUT2D eigenvalue weighted by Crippen LogP contribution is -2.25. The zero-order chi connectivity index (χ0) is 14.8. The summed E-state index contributed by atoms with van der Waals surface area (Å²) >= 11 is 2.85. The lowest BCUT2D eigenvalue weighted by atomic mass is 10.2. The summed E-state index contributed by atoms with van der Waals surface area (Å²) in [4.78, 5) is 12.5. The average molecular weight is 320 g/mol. The quantitative estimate of drug-likeness (QED) is 0.771. The number of thiophene rings is 2. The van der Waals surface area contributed by atoms with Gasteiger partial charge in [-0.1, -0.05) is 6.07 Å². The first-order valence-electron chi connectivity index (χ1n) is 6.42. The Morgan fingerprint density at radius 2 is 2.19 bits per heavy atom. The van der Waals surface area contributed by atoms with E-state index >= 15 is 0 Å². The van der Waals surface area contributed by atoms with Gasteiger partial charge in [-0.05, 0) is 40.9 Å². The SMILES string of the molecule is Nc1c(C(=O)NCCc2ccsc2)sc2cccc(F)c12. The summed E-state index contributed by atoms with van der Waals surface area (Å²) in [6.45, 7) is 0.533. The number of benzene rings is 1. The second kappa shape index (κ2) is 5.83. The molecule has 0 fully saturated rings. The van der Waals surface area contributed by atoms with E-state index in [4.69, 9.17) is 5.73 Å². The number of rotatable bonds is 4. The van der Waals surface area contributed by atoms with Gasteiger partial charge in [0.25, 0.3) is 5.91 Å². The Hall–Kier alpha value is -1.92. The molecule has 3 nitrogen and oxygen atoms in total. The van der Waals surface area contributed by atoms with Gasteiger partial charge in [0, 0.05) is 11.2 Å². The zero-order valence-corrected chi connectivity index (χ0v) is 12.7. The van der Waals surface area contributed by atoms with Gasteiger partial charge in [0.2, 0.25) is 0 Å². The average Bonchev–Trinajstić information content (AvgIpc) is 3.08. The van der Waals surface area contributed by atoms with Crippen molar-refractivity contribution in [2.24, 2.45) is 0 Å². The number of carbonyl (C=O) groups is 1. The summed E-state index contributed by atoms with van der Waals surface area (Å²) in [5.74, 6) is -0.637. The largest absolute Gasteiger partial charge is 0.397 e. The van der Waals surface area contributed by atoms with E-state index in [1.165, 1.54) is 23.0 Å². The summed E-state index contributed by atoms with van der Waals surface area (Å²) in [6.07, 6.45) is 0.772. The van der Waals surface area contributed by atoms with Crippen molar-refractivity contribution in [1.82, 2.24) is 5.32 Å². The molecule has 1 amide bonds. The Morgan fingerprint density at radius 1 is 1.33 bits per heavy atom. The van der Waals surface area contributed by atoms with Gasteiger partial charge in [0.05, 0.1) is 11.1 Å². The summed E-state index contributed by atoms with van der Waals surface area (Å²) in [5.41, 5.74) is 7.33. The topological polar surface area (TPSA) is 55.1 Å². The van der Waals surface area contributed by atoms with Crippen LogP contribution in [0.1, 0.15) is 15.2 Å². The lowest BCUT2D eigenvalue weighted by Gasteiger charge is -2.03. The summed E-state index contributed by atoms with van der Waals surface area (Å²) in [6, 6.07) is 6.76. The van der Waals surface area contributed by atoms with Crippen LogP contribution >= 0.6 is 22.7 Å². The number of nitrogen functional groups attached to an aromatic ring is 1. The molecule has 108 valence electrons. The van der Waals surface area contributed by atoms with Crippen molar-refractivity contribution in [3.8, 4) is 0 Å². The fourth-order valence-electron chi connectivity index (χ4n) is 2.13. The molecule has 0 aliphatic carbocycles. The van der Waals surface area contributed by atoms with Crippen molar-refractivity contribution in [3.63, 3.8) is 0 Å². The first-order valence-corrected chi connectivity index (χ1v) is 8.18. The highest BCUT2D eigenvalue weighted by Crippen LogP contribution is 2.35. The first-order chi connectivity index (χ1) is 10.2. The van der Waals surface area contributed by atoms with Crippen LogP contribution in [0, 0.1) is 5.82 Å². The molecule has 3 rings (SSSR count). The molecule has 0 spiro atoms. The van der Waals surface area contributed by atoms with Crippen molar-refractivity contribution >= 4 is 44.4 Å². The van der Waals surface area contributed by atoms with Crippen LogP contribution in [0.2, 0.25) is 0 Å². The summed E-state index contributed by atoms with van der Waals surface area (Å²) in [7, 11) is 0. The maximum absolute atomic E-state index is 13.8. The monoisotopic (exact) mass is 320 g/mol. The van der Waals surface area contributed by atoms with Crippen molar-refractivity contribution in [1.29, 1.82) is 0 Å². The van der Waals surface area contributed by atoms with E-state index in [9.17, 15) is 9.18 Å². The maximum atomic E-state index is 13.8. The number of amides is 1. The zero-order valence-electron chi connectivity index (χ0n) is 11.1. The van der Waals surface area contributed by atoms with Crippen molar-refractivity contribution in [2.45, 2.75) is 6.42 Å². The van der Waals surface area contributed by atoms with Gasteiger partial charge < -0.3 is 11.1 Å². The maximum Gasteiger partial charge on any atom is 0.263 e. The molecule has 2 aromatic heterocycles. The molecule has 0 atom stereocenters. The molecule has 0 saturated carbocycles. The number of fused-ring (bicyclic) bond motifs is 1. The Labute approximate surface area is 129 Å². The standard InChI is InChI=1S/C15H13FN2OS2/c16-10-2-1-3-11-12(10)13(17)14(21-11)15(19)18-6-4-9-5-7-20-8-9/h1-3,5,7-8H,4,6,17H2,(H,18,19). The van der Waals surface area contributed by atoms with E-state index in [2.05, 4.69) is 10.7 Å². The number of nitrogens with one attached hydrogen (secondary N) is 1. The lowest BCUT2D eigenvalue weighted by molar-refractivity contribution is 0.0959. The molecule has 0 aliphatic heterocycles. The van der Waals surface area contributed by atoms with Crippen LogP contribution in [0.15, 0.2) is 35.0 Å². The Bertz CT molecular complexity index is 780. The molecular formula is C15H13FN2OS2. The van der Waals surface area contributed by atoms with E-state index in [0.29, 0.717) is 21.5 Å². The summed E-state index contributed by atoms with van der Waals surface area (Å²) < 4.78 is 14.4. The summed E-state index contributed by atoms with van der Waals surface area (Å²) in [5, 5.41) is 7.23. The molecule has 0 radical (unpaired) electrons. The van der Waals surface area contributed by atoms with E-state index in [-0.39, 0.29) is 11.6 Å². The minimum absolute atomic E-state index is 0.223. The predicted octanol–water partition coefficient (Wildman–Crippen LogP) is 3.66. The van der Waals surface area contributed by atoms with E-state index in [1.807, 2.05) is 11.4 Å². The van der Waals surface area contributed by atoms with Gasteiger partial charge >= 0.3 is 0 Å². The number of hydrogen-bond acceptors (Lipinski definition) is 4.